The molecule has 3 aromatic rings. The number of hydrogen-bond donors (Lipinski definition) is 2. The van der Waals surface area contributed by atoms with E-state index in [1.807, 2.05) is 29.6 Å². The maximum Gasteiger partial charge on any atom is 0.270 e. The molecule has 3 rings (SSSR count). The summed E-state index contributed by atoms with van der Waals surface area (Å²) in [6, 6.07) is 9.64. The van der Waals surface area contributed by atoms with Crippen molar-refractivity contribution in [3.63, 3.8) is 0 Å². The highest BCUT2D eigenvalue weighted by molar-refractivity contribution is 7.07. The van der Waals surface area contributed by atoms with Gasteiger partial charge in [0.1, 0.15) is 11.5 Å². The number of hydrogen-bond acceptors (Lipinski definition) is 5. The molecule has 0 radical (unpaired) electrons. The first-order valence-corrected chi connectivity index (χ1v) is 7.45. The molecule has 0 aliphatic carbocycles. The molecule has 0 saturated heterocycles. The van der Waals surface area contributed by atoms with E-state index < -0.39 is 0 Å². The zero-order chi connectivity index (χ0) is 14.7. The minimum atomic E-state index is -0.203. The minimum absolute atomic E-state index is 0.203. The maximum absolute atomic E-state index is 12.2. The Kier molecular flexibility index (Phi) is 3.79. The third-order valence-corrected chi connectivity index (χ3v) is 3.76. The highest BCUT2D eigenvalue weighted by Gasteiger charge is 2.11. The van der Waals surface area contributed by atoms with Crippen LogP contribution in [0.1, 0.15) is 16.2 Å². The first-order chi connectivity index (χ1) is 10.3. The van der Waals surface area contributed by atoms with Crippen molar-refractivity contribution in [2.24, 2.45) is 0 Å². The van der Waals surface area contributed by atoms with Crippen LogP contribution in [-0.4, -0.2) is 22.9 Å². The van der Waals surface area contributed by atoms with Crippen LogP contribution in [0, 0.1) is 0 Å². The van der Waals surface area contributed by atoms with Crippen molar-refractivity contribution in [3.8, 4) is 0 Å². The molecule has 0 atom stereocenters. The number of carbonyl (C=O) groups excluding carboxylic acids is 1. The van der Waals surface area contributed by atoms with Crippen molar-refractivity contribution in [1.82, 2.24) is 15.3 Å². The summed E-state index contributed by atoms with van der Waals surface area (Å²) in [5, 5.41) is 9.75. The minimum Gasteiger partial charge on any atom is -0.373 e. The highest BCUT2D eigenvalue weighted by Crippen LogP contribution is 2.22. The van der Waals surface area contributed by atoms with Crippen LogP contribution in [-0.2, 0) is 6.54 Å². The number of rotatable bonds is 4. The van der Waals surface area contributed by atoms with Gasteiger partial charge in [0, 0.05) is 17.8 Å². The monoisotopic (exact) mass is 298 g/mol. The average molecular weight is 298 g/mol. The van der Waals surface area contributed by atoms with Gasteiger partial charge < -0.3 is 10.6 Å². The Morgan fingerprint density at radius 1 is 1.33 bits per heavy atom. The van der Waals surface area contributed by atoms with Gasteiger partial charge in [-0.15, -0.1) is 11.3 Å². The molecule has 21 heavy (non-hydrogen) atoms. The molecular weight excluding hydrogens is 284 g/mol. The van der Waals surface area contributed by atoms with E-state index in [1.165, 1.54) is 11.3 Å². The maximum atomic E-state index is 12.2. The number of nitrogens with one attached hydrogen (secondary N) is 2. The van der Waals surface area contributed by atoms with Gasteiger partial charge in [-0.25, -0.2) is 9.97 Å². The molecule has 0 fully saturated rings. The van der Waals surface area contributed by atoms with Gasteiger partial charge in [-0.2, -0.15) is 0 Å². The number of thiazole rings is 1. The van der Waals surface area contributed by atoms with E-state index in [1.54, 1.807) is 18.6 Å². The molecule has 0 spiro atoms. The lowest BCUT2D eigenvalue weighted by Gasteiger charge is -2.09. The molecule has 2 N–H and O–H groups in total. The summed E-state index contributed by atoms with van der Waals surface area (Å²) in [6.45, 7) is 0.408. The number of nitrogens with zero attached hydrogens (tertiary/aromatic N) is 2. The smallest absolute Gasteiger partial charge is 0.270 e. The van der Waals surface area contributed by atoms with Gasteiger partial charge in [0.2, 0.25) is 0 Å². The van der Waals surface area contributed by atoms with Gasteiger partial charge in [-0.1, -0.05) is 24.3 Å². The van der Waals surface area contributed by atoms with E-state index in [4.69, 9.17) is 0 Å². The summed E-state index contributed by atoms with van der Waals surface area (Å²) in [7, 11) is 1.80. The third-order valence-electron chi connectivity index (χ3n) is 3.12. The summed E-state index contributed by atoms with van der Waals surface area (Å²) in [5.74, 6) is 0.497. The number of anilines is 1. The molecule has 0 aliphatic rings. The van der Waals surface area contributed by atoms with Crippen LogP contribution in [0.15, 0.2) is 41.2 Å². The number of amides is 1. The Morgan fingerprint density at radius 2 is 2.19 bits per heavy atom. The van der Waals surface area contributed by atoms with Gasteiger partial charge in [-0.05, 0) is 11.5 Å². The number of benzene rings is 1. The number of carbonyl (C=O) groups is 1. The molecular formula is C15H14N4OS. The summed E-state index contributed by atoms with van der Waals surface area (Å²) in [6.07, 6.45) is 0. The number of aromatic nitrogens is 2. The zero-order valence-corrected chi connectivity index (χ0v) is 12.3. The summed E-state index contributed by atoms with van der Waals surface area (Å²) < 4.78 is 0. The second-order valence-electron chi connectivity index (χ2n) is 4.49. The van der Waals surface area contributed by atoms with Crippen LogP contribution in [0.2, 0.25) is 0 Å². The third kappa shape index (κ3) is 2.85. The number of pyridine rings is 1. The van der Waals surface area contributed by atoms with Gasteiger partial charge in [0.15, 0.2) is 0 Å². The fourth-order valence-corrected chi connectivity index (χ4v) is 2.65. The molecule has 2 aromatic heterocycles. The van der Waals surface area contributed by atoms with Gasteiger partial charge >= 0.3 is 0 Å². The highest BCUT2D eigenvalue weighted by atomic mass is 32.1. The van der Waals surface area contributed by atoms with Crippen LogP contribution in [0.25, 0.3) is 10.8 Å². The Bertz CT molecular complexity index is 770. The predicted octanol–water partition coefficient (Wildman–Crippen LogP) is 2.66. The quantitative estimate of drug-likeness (QED) is 0.777. The Hall–Kier alpha value is -2.47. The molecule has 0 saturated carbocycles. The molecule has 1 amide bonds. The second kappa shape index (κ2) is 5.88. The first-order valence-electron chi connectivity index (χ1n) is 6.51. The van der Waals surface area contributed by atoms with Crippen molar-refractivity contribution in [2.75, 3.05) is 12.4 Å². The van der Waals surface area contributed by atoms with E-state index >= 15 is 0 Å². The zero-order valence-electron chi connectivity index (χ0n) is 11.5. The lowest BCUT2D eigenvalue weighted by Crippen LogP contribution is -2.24. The van der Waals surface area contributed by atoms with Crippen LogP contribution in [0.3, 0.4) is 0 Å². The molecule has 2 heterocycles. The Labute approximate surface area is 126 Å². The van der Waals surface area contributed by atoms with Crippen molar-refractivity contribution in [2.45, 2.75) is 6.54 Å². The average Bonchev–Trinajstić information content (AvgIpc) is 3.04. The second-order valence-corrected chi connectivity index (χ2v) is 5.21. The lowest BCUT2D eigenvalue weighted by atomic mass is 10.1. The molecule has 6 heteroatoms. The fourth-order valence-electron chi connectivity index (χ4n) is 2.09. The van der Waals surface area contributed by atoms with Gasteiger partial charge in [-0.3, -0.25) is 4.79 Å². The van der Waals surface area contributed by atoms with Crippen LogP contribution in [0.5, 0.6) is 0 Å². The number of fused-ring (bicyclic) bond motifs is 1. The molecule has 5 nitrogen and oxygen atoms in total. The van der Waals surface area contributed by atoms with E-state index in [-0.39, 0.29) is 5.91 Å². The van der Waals surface area contributed by atoms with Gasteiger partial charge in [0.05, 0.1) is 17.7 Å². The fraction of sp³-hybridized carbons (Fsp3) is 0.133. The molecule has 0 aliphatic heterocycles. The molecule has 0 bridgehead atoms. The summed E-state index contributed by atoms with van der Waals surface area (Å²) in [4.78, 5) is 20.7. The largest absolute Gasteiger partial charge is 0.373 e. The Morgan fingerprint density at radius 3 is 2.95 bits per heavy atom. The van der Waals surface area contributed by atoms with E-state index in [0.717, 1.165) is 16.5 Å². The molecule has 0 unspecified atom stereocenters. The van der Waals surface area contributed by atoms with Crippen molar-refractivity contribution in [3.05, 3.63) is 52.6 Å². The lowest BCUT2D eigenvalue weighted by molar-refractivity contribution is 0.0946. The van der Waals surface area contributed by atoms with E-state index in [2.05, 4.69) is 20.6 Å². The topological polar surface area (TPSA) is 66.9 Å². The normalized spacial score (nSPS) is 10.5. The summed E-state index contributed by atoms with van der Waals surface area (Å²) >= 11 is 1.51. The molecule has 1 aromatic carbocycles. The van der Waals surface area contributed by atoms with Crippen molar-refractivity contribution < 1.29 is 4.79 Å². The molecule has 106 valence electrons. The predicted molar refractivity (Wildman–Crippen MR) is 84.6 cm³/mol. The van der Waals surface area contributed by atoms with E-state index in [9.17, 15) is 4.79 Å². The van der Waals surface area contributed by atoms with Gasteiger partial charge in [0.25, 0.3) is 5.91 Å². The van der Waals surface area contributed by atoms with Crippen LogP contribution >= 0.6 is 11.3 Å². The summed E-state index contributed by atoms with van der Waals surface area (Å²) in [5.41, 5.74) is 2.99. The van der Waals surface area contributed by atoms with Crippen LogP contribution < -0.4 is 10.6 Å². The van der Waals surface area contributed by atoms with Crippen LogP contribution in [0.4, 0.5) is 5.82 Å². The van der Waals surface area contributed by atoms with E-state index in [0.29, 0.717) is 18.1 Å². The van der Waals surface area contributed by atoms with Crippen molar-refractivity contribution >= 4 is 33.8 Å². The Balaban J connectivity index is 1.87. The first kappa shape index (κ1) is 13.5. The standard InChI is InChI=1S/C15H14N4OS/c1-16-14-12-5-3-2-4-10(12)6-13(19-14)15(20)17-7-11-8-21-9-18-11/h2-6,8-9H,7H2,1H3,(H,16,19)(H,17,20). The SMILES string of the molecule is CNc1nc(C(=O)NCc2cscn2)cc2ccccc12. The van der Waals surface area contributed by atoms with Crippen molar-refractivity contribution in [1.29, 1.82) is 0 Å².